The Hall–Kier alpha value is -3.84. The lowest BCUT2D eigenvalue weighted by atomic mass is 10.1. The Labute approximate surface area is 202 Å². The van der Waals surface area contributed by atoms with Crippen LogP contribution in [0.3, 0.4) is 0 Å². The first-order chi connectivity index (χ1) is 16.5. The van der Waals surface area contributed by atoms with E-state index in [0.717, 1.165) is 5.69 Å². The van der Waals surface area contributed by atoms with Gasteiger partial charge < -0.3 is 19.9 Å². The van der Waals surface area contributed by atoms with Crippen LogP contribution >= 0.6 is 11.6 Å². The second-order valence-electron chi connectivity index (χ2n) is 7.80. The fourth-order valence-electron chi connectivity index (χ4n) is 3.91. The van der Waals surface area contributed by atoms with Gasteiger partial charge in [0, 0.05) is 31.7 Å². The highest BCUT2D eigenvalue weighted by Gasteiger charge is 2.25. The molecular weight excluding hydrogens is 454 g/mol. The van der Waals surface area contributed by atoms with E-state index in [9.17, 15) is 14.4 Å². The van der Waals surface area contributed by atoms with Crippen LogP contribution in [-0.2, 0) is 4.74 Å². The van der Waals surface area contributed by atoms with Crippen molar-refractivity contribution in [2.24, 2.45) is 0 Å². The van der Waals surface area contributed by atoms with Gasteiger partial charge in [-0.3, -0.25) is 9.59 Å². The number of nitrogens with one attached hydrogen (secondary N) is 1. The van der Waals surface area contributed by atoms with Crippen molar-refractivity contribution in [3.63, 3.8) is 0 Å². The summed E-state index contributed by atoms with van der Waals surface area (Å²) < 4.78 is 4.84. The third-order valence-corrected chi connectivity index (χ3v) is 6.04. The summed E-state index contributed by atoms with van der Waals surface area (Å²) in [6.07, 6.45) is 0. The third kappa shape index (κ3) is 5.05. The second-order valence-corrected chi connectivity index (χ2v) is 8.21. The number of esters is 1. The Kier molecular flexibility index (Phi) is 7.13. The number of halogens is 1. The number of ether oxygens (including phenoxy) is 1. The highest BCUT2D eigenvalue weighted by molar-refractivity contribution is 6.34. The molecule has 3 aromatic rings. The van der Waals surface area contributed by atoms with Crippen molar-refractivity contribution >= 4 is 40.8 Å². The van der Waals surface area contributed by atoms with Crippen molar-refractivity contribution in [2.75, 3.05) is 43.5 Å². The van der Waals surface area contributed by atoms with Gasteiger partial charge in [-0.05, 0) is 42.5 Å². The SMILES string of the molecule is COC(=O)c1ccc(N2CCN(C(=O)c3ccccc3)CC2)c(NC(=O)c2ccccc2Cl)c1. The number of rotatable bonds is 5. The first kappa shape index (κ1) is 23.3. The molecule has 174 valence electrons. The molecule has 1 fully saturated rings. The number of anilines is 2. The van der Waals surface area contributed by atoms with Crippen LogP contribution in [0.1, 0.15) is 31.1 Å². The number of benzene rings is 3. The van der Waals surface area contributed by atoms with E-state index >= 15 is 0 Å². The van der Waals surface area contributed by atoms with Gasteiger partial charge in [0.1, 0.15) is 0 Å². The molecule has 1 N–H and O–H groups in total. The van der Waals surface area contributed by atoms with Gasteiger partial charge in [-0.2, -0.15) is 0 Å². The van der Waals surface area contributed by atoms with E-state index in [0.29, 0.717) is 53.6 Å². The summed E-state index contributed by atoms with van der Waals surface area (Å²) in [5.41, 5.74) is 2.53. The number of carbonyl (C=O) groups excluding carboxylic acids is 3. The number of hydrogen-bond acceptors (Lipinski definition) is 5. The quantitative estimate of drug-likeness (QED) is 0.553. The van der Waals surface area contributed by atoms with Crippen LogP contribution in [0.5, 0.6) is 0 Å². The number of methoxy groups -OCH3 is 1. The molecule has 3 aromatic carbocycles. The lowest BCUT2D eigenvalue weighted by Gasteiger charge is -2.37. The van der Waals surface area contributed by atoms with E-state index in [1.54, 1.807) is 42.5 Å². The van der Waals surface area contributed by atoms with Crippen molar-refractivity contribution in [2.45, 2.75) is 0 Å². The van der Waals surface area contributed by atoms with Gasteiger partial charge in [-0.1, -0.05) is 41.9 Å². The van der Waals surface area contributed by atoms with E-state index in [2.05, 4.69) is 10.2 Å². The van der Waals surface area contributed by atoms with Gasteiger partial charge in [-0.25, -0.2) is 4.79 Å². The van der Waals surface area contributed by atoms with Crippen molar-refractivity contribution in [3.05, 3.63) is 94.5 Å². The standard InChI is InChI=1S/C26H24ClN3O4/c1-34-26(33)19-11-12-23(22(17-19)28-24(31)20-9-5-6-10-21(20)27)29-13-15-30(16-14-29)25(32)18-7-3-2-4-8-18/h2-12,17H,13-16H2,1H3,(H,28,31). The van der Waals surface area contributed by atoms with E-state index in [-0.39, 0.29) is 11.8 Å². The highest BCUT2D eigenvalue weighted by Crippen LogP contribution is 2.30. The van der Waals surface area contributed by atoms with Crippen LogP contribution in [0.15, 0.2) is 72.8 Å². The summed E-state index contributed by atoms with van der Waals surface area (Å²) in [7, 11) is 1.31. The first-order valence-electron chi connectivity index (χ1n) is 10.9. The van der Waals surface area contributed by atoms with E-state index in [4.69, 9.17) is 16.3 Å². The largest absolute Gasteiger partial charge is 0.465 e. The molecular formula is C26H24ClN3O4. The van der Waals surface area contributed by atoms with Gasteiger partial charge in [0.15, 0.2) is 0 Å². The van der Waals surface area contributed by atoms with Crippen molar-refractivity contribution in [3.8, 4) is 0 Å². The number of piperazine rings is 1. The number of hydrogen-bond donors (Lipinski definition) is 1. The fourth-order valence-corrected chi connectivity index (χ4v) is 4.13. The molecule has 0 saturated carbocycles. The normalized spacial score (nSPS) is 13.4. The highest BCUT2D eigenvalue weighted by atomic mass is 35.5. The predicted octanol–water partition coefficient (Wildman–Crippen LogP) is 4.34. The summed E-state index contributed by atoms with van der Waals surface area (Å²) in [6, 6.07) is 21.0. The molecule has 1 heterocycles. The van der Waals surface area contributed by atoms with Crippen LogP contribution in [0.2, 0.25) is 5.02 Å². The molecule has 0 aromatic heterocycles. The zero-order valence-electron chi connectivity index (χ0n) is 18.7. The van der Waals surface area contributed by atoms with Crippen molar-refractivity contribution < 1.29 is 19.1 Å². The molecule has 7 nitrogen and oxygen atoms in total. The molecule has 1 aliphatic heterocycles. The Balaban J connectivity index is 1.55. The maximum absolute atomic E-state index is 12.9. The minimum absolute atomic E-state index is 0.00599. The maximum atomic E-state index is 12.9. The van der Waals surface area contributed by atoms with Gasteiger partial charge in [0.25, 0.3) is 11.8 Å². The summed E-state index contributed by atoms with van der Waals surface area (Å²) in [5, 5.41) is 3.22. The van der Waals surface area contributed by atoms with Crippen molar-refractivity contribution in [1.82, 2.24) is 4.90 Å². The minimum atomic E-state index is -0.502. The van der Waals surface area contributed by atoms with E-state index in [1.807, 2.05) is 35.2 Å². The molecule has 1 aliphatic rings. The monoisotopic (exact) mass is 477 g/mol. The van der Waals surface area contributed by atoms with Gasteiger partial charge >= 0.3 is 5.97 Å². The summed E-state index contributed by atoms with van der Waals surface area (Å²) in [5.74, 6) is -0.890. The first-order valence-corrected chi connectivity index (χ1v) is 11.2. The van der Waals surface area contributed by atoms with Crippen LogP contribution in [0, 0.1) is 0 Å². The second kappa shape index (κ2) is 10.4. The Morgan fingerprint density at radius 1 is 0.853 bits per heavy atom. The van der Waals surface area contributed by atoms with Crippen LogP contribution in [-0.4, -0.2) is 56.0 Å². The topological polar surface area (TPSA) is 79.0 Å². The average Bonchev–Trinajstić information content (AvgIpc) is 2.88. The number of carbonyl (C=O) groups is 3. The maximum Gasteiger partial charge on any atom is 0.337 e. The Bertz CT molecular complexity index is 1210. The fraction of sp³-hybridized carbons (Fsp3) is 0.192. The summed E-state index contributed by atoms with van der Waals surface area (Å²) >= 11 is 6.19. The third-order valence-electron chi connectivity index (χ3n) is 5.71. The van der Waals surface area contributed by atoms with E-state index < -0.39 is 5.97 Å². The van der Waals surface area contributed by atoms with Gasteiger partial charge in [0.2, 0.25) is 0 Å². The van der Waals surface area contributed by atoms with Crippen LogP contribution in [0.25, 0.3) is 0 Å². The van der Waals surface area contributed by atoms with E-state index in [1.165, 1.54) is 7.11 Å². The average molecular weight is 478 g/mol. The molecule has 2 amide bonds. The molecule has 1 saturated heterocycles. The zero-order chi connectivity index (χ0) is 24.1. The number of amides is 2. The molecule has 0 radical (unpaired) electrons. The lowest BCUT2D eigenvalue weighted by Crippen LogP contribution is -2.49. The molecule has 0 atom stereocenters. The van der Waals surface area contributed by atoms with Crippen molar-refractivity contribution in [1.29, 1.82) is 0 Å². The molecule has 0 aliphatic carbocycles. The zero-order valence-corrected chi connectivity index (χ0v) is 19.4. The predicted molar refractivity (Wildman–Crippen MR) is 132 cm³/mol. The molecule has 0 spiro atoms. The molecule has 0 unspecified atom stereocenters. The molecule has 0 bridgehead atoms. The lowest BCUT2D eigenvalue weighted by molar-refractivity contribution is 0.0600. The Morgan fingerprint density at radius 2 is 1.53 bits per heavy atom. The van der Waals surface area contributed by atoms with Crippen LogP contribution < -0.4 is 10.2 Å². The smallest absolute Gasteiger partial charge is 0.337 e. The summed E-state index contributed by atoms with van der Waals surface area (Å²) in [6.45, 7) is 2.21. The minimum Gasteiger partial charge on any atom is -0.465 e. The number of nitrogens with zero attached hydrogens (tertiary/aromatic N) is 2. The molecule has 8 heteroatoms. The summed E-state index contributed by atoms with van der Waals surface area (Å²) in [4.78, 5) is 41.7. The molecule has 34 heavy (non-hydrogen) atoms. The molecule has 4 rings (SSSR count). The van der Waals surface area contributed by atoms with Gasteiger partial charge in [-0.15, -0.1) is 0 Å². The van der Waals surface area contributed by atoms with Crippen LogP contribution in [0.4, 0.5) is 11.4 Å². The Morgan fingerprint density at radius 3 is 2.21 bits per heavy atom. The van der Waals surface area contributed by atoms with Gasteiger partial charge in [0.05, 0.1) is 34.6 Å².